The maximum absolute atomic E-state index is 3.42. The molecule has 1 saturated heterocycles. The Morgan fingerprint density at radius 2 is 1.82 bits per heavy atom. The fourth-order valence-electron chi connectivity index (χ4n) is 1.20. The zero-order chi connectivity index (χ0) is 6.85. The summed E-state index contributed by atoms with van der Waals surface area (Å²) in [6.07, 6.45) is 0. The van der Waals surface area contributed by atoms with E-state index in [9.17, 15) is 0 Å². The average molecular weight is 201 g/mol. The van der Waals surface area contributed by atoms with E-state index in [1.807, 2.05) is 0 Å². The summed E-state index contributed by atoms with van der Waals surface area (Å²) in [5.74, 6) is 0. The molecular formula is C7H18Cl2N2. The van der Waals surface area contributed by atoms with Crippen LogP contribution in [0.3, 0.4) is 0 Å². The molecule has 70 valence electrons. The van der Waals surface area contributed by atoms with Gasteiger partial charge < -0.3 is 10.2 Å². The summed E-state index contributed by atoms with van der Waals surface area (Å²) >= 11 is 0. The molecule has 2 nitrogen and oxygen atoms in total. The van der Waals surface area contributed by atoms with Crippen molar-refractivity contribution in [3.05, 3.63) is 0 Å². The maximum Gasteiger partial charge on any atom is 0.0190 e. The molecule has 4 heteroatoms. The minimum atomic E-state index is 0. The molecule has 0 aliphatic carbocycles. The summed E-state index contributed by atoms with van der Waals surface area (Å²) in [6, 6.07) is 1.38. The van der Waals surface area contributed by atoms with Gasteiger partial charge in [-0.2, -0.15) is 0 Å². The van der Waals surface area contributed by atoms with Gasteiger partial charge in [0.1, 0.15) is 0 Å². The summed E-state index contributed by atoms with van der Waals surface area (Å²) in [4.78, 5) is 2.39. The van der Waals surface area contributed by atoms with Gasteiger partial charge in [0.05, 0.1) is 0 Å². The van der Waals surface area contributed by atoms with Crippen molar-refractivity contribution in [2.45, 2.75) is 25.9 Å². The summed E-state index contributed by atoms with van der Waals surface area (Å²) in [5, 5.41) is 3.42. The Labute approximate surface area is 81.5 Å². The van der Waals surface area contributed by atoms with E-state index in [4.69, 9.17) is 0 Å². The van der Waals surface area contributed by atoms with Gasteiger partial charge in [-0.3, -0.25) is 0 Å². The molecule has 0 spiro atoms. The van der Waals surface area contributed by atoms with Crippen molar-refractivity contribution in [1.29, 1.82) is 0 Å². The van der Waals surface area contributed by atoms with E-state index in [1.54, 1.807) is 0 Å². The topological polar surface area (TPSA) is 15.3 Å². The van der Waals surface area contributed by atoms with E-state index in [1.165, 1.54) is 6.54 Å². The molecule has 0 unspecified atom stereocenters. The van der Waals surface area contributed by atoms with Crippen LogP contribution >= 0.6 is 24.8 Å². The molecule has 1 rings (SSSR count). The third-order valence-electron chi connectivity index (χ3n) is 2.08. The number of likely N-dealkylation sites (N-methyl/N-ethyl adjacent to an activating group) is 1. The minimum Gasteiger partial charge on any atom is -0.311 e. The van der Waals surface area contributed by atoms with Gasteiger partial charge in [-0.15, -0.1) is 24.8 Å². The molecule has 11 heavy (non-hydrogen) atoms. The first-order chi connectivity index (χ1) is 4.20. The van der Waals surface area contributed by atoms with Crippen molar-refractivity contribution in [1.82, 2.24) is 10.2 Å². The number of rotatable bonds is 0. The Bertz CT molecular complexity index is 100. The van der Waals surface area contributed by atoms with Crippen molar-refractivity contribution in [3.8, 4) is 0 Å². The Kier molecular flexibility index (Phi) is 7.75. The number of hydrogen-bond acceptors (Lipinski definition) is 2. The monoisotopic (exact) mass is 200 g/mol. The minimum absolute atomic E-state index is 0. The highest BCUT2D eigenvalue weighted by atomic mass is 35.5. The first-order valence-corrected chi connectivity index (χ1v) is 3.64. The third-order valence-corrected chi connectivity index (χ3v) is 2.08. The number of halogens is 2. The van der Waals surface area contributed by atoms with Crippen molar-refractivity contribution in [2.75, 3.05) is 20.1 Å². The molecule has 0 saturated carbocycles. The van der Waals surface area contributed by atoms with Crippen LogP contribution in [0.15, 0.2) is 0 Å². The van der Waals surface area contributed by atoms with Crippen LogP contribution in [0.5, 0.6) is 0 Å². The molecule has 2 atom stereocenters. The van der Waals surface area contributed by atoms with E-state index in [2.05, 4.69) is 31.1 Å². The smallest absolute Gasteiger partial charge is 0.0190 e. The predicted octanol–water partition coefficient (Wildman–Crippen LogP) is 1.14. The van der Waals surface area contributed by atoms with Gasteiger partial charge in [0.15, 0.2) is 0 Å². The van der Waals surface area contributed by atoms with Crippen molar-refractivity contribution >= 4 is 24.8 Å². The van der Waals surface area contributed by atoms with E-state index >= 15 is 0 Å². The van der Waals surface area contributed by atoms with Crippen molar-refractivity contribution in [2.24, 2.45) is 0 Å². The molecular weight excluding hydrogens is 183 g/mol. The van der Waals surface area contributed by atoms with Crippen LogP contribution < -0.4 is 5.32 Å². The Morgan fingerprint density at radius 3 is 2.18 bits per heavy atom. The van der Waals surface area contributed by atoms with Crippen LogP contribution in [-0.2, 0) is 0 Å². The Morgan fingerprint density at radius 1 is 1.27 bits per heavy atom. The van der Waals surface area contributed by atoms with E-state index < -0.39 is 0 Å². The normalized spacial score (nSPS) is 31.9. The van der Waals surface area contributed by atoms with Crippen LogP contribution in [-0.4, -0.2) is 37.1 Å². The first-order valence-electron chi connectivity index (χ1n) is 3.64. The number of hydrogen-bond donors (Lipinski definition) is 1. The Balaban J connectivity index is 0. The van der Waals surface area contributed by atoms with Gasteiger partial charge >= 0.3 is 0 Å². The molecule has 1 N–H and O–H groups in total. The standard InChI is InChI=1S/C7H16N2.2ClH/c1-6-5-9(3)7(2)4-8-6;;/h6-8H,4-5H2,1-3H3;2*1H/t6-,7-;;/m0../s1. The molecule has 0 bridgehead atoms. The summed E-state index contributed by atoms with van der Waals surface area (Å²) in [5.41, 5.74) is 0. The zero-order valence-electron chi connectivity index (χ0n) is 7.33. The lowest BCUT2D eigenvalue weighted by Crippen LogP contribution is -2.52. The lowest BCUT2D eigenvalue weighted by atomic mass is 10.2. The molecule has 1 aliphatic rings. The van der Waals surface area contributed by atoms with Crippen LogP contribution in [0.25, 0.3) is 0 Å². The highest BCUT2D eigenvalue weighted by Crippen LogP contribution is 2.01. The average Bonchev–Trinajstić information content (AvgIpc) is 1.80. The van der Waals surface area contributed by atoms with Gasteiger partial charge in [-0.1, -0.05) is 0 Å². The second kappa shape index (κ2) is 6.06. The van der Waals surface area contributed by atoms with E-state index in [-0.39, 0.29) is 24.8 Å². The molecule has 0 amide bonds. The summed E-state index contributed by atoms with van der Waals surface area (Å²) < 4.78 is 0. The SMILES string of the molecule is C[C@H]1CN(C)[C@@H](C)CN1.Cl.Cl. The molecule has 0 radical (unpaired) electrons. The van der Waals surface area contributed by atoms with Gasteiger partial charge in [0.25, 0.3) is 0 Å². The van der Waals surface area contributed by atoms with E-state index in [0.29, 0.717) is 12.1 Å². The molecule has 1 heterocycles. The number of nitrogens with one attached hydrogen (secondary N) is 1. The Hall–Kier alpha value is 0.500. The number of nitrogens with zero attached hydrogens (tertiary/aromatic N) is 1. The summed E-state index contributed by atoms with van der Waals surface area (Å²) in [7, 11) is 2.18. The van der Waals surface area contributed by atoms with E-state index in [0.717, 1.165) is 6.54 Å². The van der Waals surface area contributed by atoms with Crippen LogP contribution in [0, 0.1) is 0 Å². The largest absolute Gasteiger partial charge is 0.311 e. The molecule has 1 aliphatic heterocycles. The first kappa shape index (κ1) is 14.0. The van der Waals surface area contributed by atoms with Crippen LogP contribution in [0.4, 0.5) is 0 Å². The van der Waals surface area contributed by atoms with Gasteiger partial charge in [0.2, 0.25) is 0 Å². The lowest BCUT2D eigenvalue weighted by molar-refractivity contribution is 0.182. The second-order valence-corrected chi connectivity index (χ2v) is 3.10. The molecule has 0 aromatic heterocycles. The lowest BCUT2D eigenvalue weighted by Gasteiger charge is -2.34. The second-order valence-electron chi connectivity index (χ2n) is 3.10. The van der Waals surface area contributed by atoms with Crippen molar-refractivity contribution in [3.63, 3.8) is 0 Å². The quantitative estimate of drug-likeness (QED) is 0.632. The molecule has 1 fully saturated rings. The van der Waals surface area contributed by atoms with Crippen LogP contribution in [0.2, 0.25) is 0 Å². The molecule has 0 aromatic rings. The van der Waals surface area contributed by atoms with Gasteiger partial charge in [-0.05, 0) is 20.9 Å². The predicted molar refractivity (Wildman–Crippen MR) is 54.1 cm³/mol. The third kappa shape index (κ3) is 4.16. The van der Waals surface area contributed by atoms with Crippen molar-refractivity contribution < 1.29 is 0 Å². The van der Waals surface area contributed by atoms with Crippen LogP contribution in [0.1, 0.15) is 13.8 Å². The molecule has 0 aromatic carbocycles. The highest BCUT2D eigenvalue weighted by molar-refractivity contribution is 5.85. The fraction of sp³-hybridized carbons (Fsp3) is 1.00. The fourth-order valence-corrected chi connectivity index (χ4v) is 1.20. The zero-order valence-corrected chi connectivity index (χ0v) is 8.97. The van der Waals surface area contributed by atoms with Gasteiger partial charge in [-0.25, -0.2) is 0 Å². The highest BCUT2D eigenvalue weighted by Gasteiger charge is 2.17. The maximum atomic E-state index is 3.42. The number of piperazine rings is 1. The summed E-state index contributed by atoms with van der Waals surface area (Å²) in [6.45, 7) is 6.79. The van der Waals surface area contributed by atoms with Gasteiger partial charge in [0, 0.05) is 25.2 Å².